The molecule has 1 aromatic heterocycles. The summed E-state index contributed by atoms with van der Waals surface area (Å²) in [5.74, 6) is -2.04. The molecule has 1 heterocycles. The van der Waals surface area contributed by atoms with Gasteiger partial charge in [0, 0.05) is 0 Å². The molecule has 0 aliphatic heterocycles. The molecule has 0 saturated carbocycles. The predicted octanol–water partition coefficient (Wildman–Crippen LogP) is 4.89. The summed E-state index contributed by atoms with van der Waals surface area (Å²) in [7, 11) is 1.44. The Morgan fingerprint density at radius 3 is 2.38 bits per heavy atom. The van der Waals surface area contributed by atoms with Crippen molar-refractivity contribution in [3.8, 4) is 5.75 Å². The lowest BCUT2D eigenvalue weighted by molar-refractivity contribution is 0.0527. The van der Waals surface area contributed by atoms with E-state index in [1.807, 2.05) is 0 Å². The quantitative estimate of drug-likeness (QED) is 0.494. The Balaban J connectivity index is 1.98. The Bertz CT molecular complexity index is 1170. The minimum absolute atomic E-state index is 0.00240. The molecule has 0 unspecified atom stereocenters. The molecule has 0 atom stereocenters. The van der Waals surface area contributed by atoms with Gasteiger partial charge in [-0.05, 0) is 43.7 Å². The first kappa shape index (κ1) is 23.0. The van der Waals surface area contributed by atoms with Gasteiger partial charge >= 0.3 is 5.97 Å². The van der Waals surface area contributed by atoms with Crippen LogP contribution in [0, 0.1) is 12.7 Å². The summed E-state index contributed by atoms with van der Waals surface area (Å²) in [5, 5.41) is 5.32. The Labute approximate surface area is 188 Å². The maximum Gasteiger partial charge on any atom is 0.341 e. The highest BCUT2D eigenvalue weighted by molar-refractivity contribution is 7.19. The molecule has 0 aliphatic rings. The highest BCUT2D eigenvalue weighted by atomic mass is 32.1. The molecule has 9 heteroatoms. The summed E-state index contributed by atoms with van der Waals surface area (Å²) >= 11 is 0.902. The van der Waals surface area contributed by atoms with Gasteiger partial charge in [-0.15, -0.1) is 11.3 Å². The third kappa shape index (κ3) is 4.78. The van der Waals surface area contributed by atoms with Crippen LogP contribution in [0.5, 0.6) is 5.75 Å². The lowest BCUT2D eigenvalue weighted by Crippen LogP contribution is -2.16. The lowest BCUT2D eigenvalue weighted by Gasteiger charge is -2.09. The molecule has 0 aliphatic carbocycles. The molecule has 2 amide bonds. The molecular weight excluding hydrogens is 435 g/mol. The summed E-state index contributed by atoms with van der Waals surface area (Å²) in [6, 6.07) is 12.3. The van der Waals surface area contributed by atoms with E-state index in [1.165, 1.54) is 25.3 Å². The van der Waals surface area contributed by atoms with E-state index in [4.69, 9.17) is 9.47 Å². The van der Waals surface area contributed by atoms with Crippen molar-refractivity contribution < 1.29 is 28.2 Å². The predicted molar refractivity (Wildman–Crippen MR) is 120 cm³/mol. The number of hydrogen-bond acceptors (Lipinski definition) is 6. The van der Waals surface area contributed by atoms with Crippen molar-refractivity contribution in [2.24, 2.45) is 0 Å². The highest BCUT2D eigenvalue weighted by Crippen LogP contribution is 2.35. The minimum atomic E-state index is -0.679. The van der Waals surface area contributed by atoms with Crippen molar-refractivity contribution in [2.75, 3.05) is 24.4 Å². The van der Waals surface area contributed by atoms with Gasteiger partial charge in [0.05, 0.1) is 35.4 Å². The molecule has 7 nitrogen and oxygen atoms in total. The number of thiophene rings is 1. The molecule has 2 aromatic carbocycles. The van der Waals surface area contributed by atoms with Crippen LogP contribution in [0.2, 0.25) is 0 Å². The Morgan fingerprint density at radius 1 is 1.00 bits per heavy atom. The Kier molecular flexibility index (Phi) is 7.21. The third-order valence-corrected chi connectivity index (χ3v) is 5.74. The molecule has 166 valence electrons. The van der Waals surface area contributed by atoms with Crippen molar-refractivity contribution >= 4 is 39.8 Å². The van der Waals surface area contributed by atoms with E-state index in [0.29, 0.717) is 11.3 Å². The first-order chi connectivity index (χ1) is 15.4. The smallest absolute Gasteiger partial charge is 0.341 e. The van der Waals surface area contributed by atoms with Crippen LogP contribution in [-0.2, 0) is 4.74 Å². The van der Waals surface area contributed by atoms with Gasteiger partial charge in [-0.2, -0.15) is 0 Å². The van der Waals surface area contributed by atoms with Crippen LogP contribution in [0.25, 0.3) is 0 Å². The van der Waals surface area contributed by atoms with E-state index < -0.39 is 23.6 Å². The lowest BCUT2D eigenvalue weighted by atomic mass is 10.1. The number of halogens is 1. The number of benzene rings is 2. The highest BCUT2D eigenvalue weighted by Gasteiger charge is 2.27. The second-order valence-corrected chi connectivity index (χ2v) is 7.59. The summed E-state index contributed by atoms with van der Waals surface area (Å²) in [4.78, 5) is 38.4. The molecule has 2 N–H and O–H groups in total. The largest absolute Gasteiger partial charge is 0.496 e. The summed E-state index contributed by atoms with van der Waals surface area (Å²) in [5.41, 5.74) is 0.646. The molecular formula is C23H21FN2O5S. The molecule has 3 aromatic rings. The van der Waals surface area contributed by atoms with Crippen molar-refractivity contribution in [2.45, 2.75) is 13.8 Å². The normalized spacial score (nSPS) is 10.4. The Hall–Kier alpha value is -3.72. The van der Waals surface area contributed by atoms with E-state index in [1.54, 1.807) is 44.2 Å². The van der Waals surface area contributed by atoms with E-state index in [9.17, 15) is 18.8 Å². The molecule has 32 heavy (non-hydrogen) atoms. The molecule has 0 saturated heterocycles. The molecule has 0 fully saturated rings. The fraction of sp³-hybridized carbons (Fsp3) is 0.174. The van der Waals surface area contributed by atoms with Crippen LogP contribution in [0.15, 0.2) is 48.5 Å². The van der Waals surface area contributed by atoms with E-state index in [0.717, 1.165) is 11.3 Å². The van der Waals surface area contributed by atoms with Gasteiger partial charge in [-0.25, -0.2) is 9.18 Å². The third-order valence-electron chi connectivity index (χ3n) is 4.53. The standard InChI is InChI=1S/C23H21FN2O5S/c1-4-31-23(29)18-13(2)19(21(28)25-16-11-7-6-10-15(16)24)32-22(18)26-20(27)14-9-5-8-12-17(14)30-3/h5-12H,4H2,1-3H3,(H,25,28)(H,26,27). The first-order valence-corrected chi connectivity index (χ1v) is 10.5. The van der Waals surface area contributed by atoms with Crippen LogP contribution in [0.3, 0.4) is 0 Å². The molecule has 0 bridgehead atoms. The summed E-state index contributed by atoms with van der Waals surface area (Å²) < 4.78 is 24.3. The monoisotopic (exact) mass is 456 g/mol. The van der Waals surface area contributed by atoms with Crippen LogP contribution in [0.4, 0.5) is 15.1 Å². The van der Waals surface area contributed by atoms with Gasteiger partial charge in [0.1, 0.15) is 16.6 Å². The molecule has 0 spiro atoms. The van der Waals surface area contributed by atoms with Crippen molar-refractivity contribution in [3.05, 3.63) is 75.9 Å². The van der Waals surface area contributed by atoms with Gasteiger partial charge in [-0.3, -0.25) is 9.59 Å². The Morgan fingerprint density at radius 2 is 1.69 bits per heavy atom. The number of carbonyl (C=O) groups is 3. The second-order valence-electron chi connectivity index (χ2n) is 6.57. The topological polar surface area (TPSA) is 93.7 Å². The zero-order valence-corrected chi connectivity index (χ0v) is 18.5. The zero-order chi connectivity index (χ0) is 23.3. The van der Waals surface area contributed by atoms with Crippen molar-refractivity contribution in [1.82, 2.24) is 0 Å². The van der Waals surface area contributed by atoms with E-state index in [-0.39, 0.29) is 33.3 Å². The molecule has 0 radical (unpaired) electrons. The maximum atomic E-state index is 14.0. The SMILES string of the molecule is CCOC(=O)c1c(NC(=O)c2ccccc2OC)sc(C(=O)Nc2ccccc2F)c1C. The van der Waals surface area contributed by atoms with Gasteiger partial charge in [0.25, 0.3) is 11.8 Å². The average Bonchev–Trinajstić information content (AvgIpc) is 3.11. The number of amides is 2. The van der Waals surface area contributed by atoms with E-state index in [2.05, 4.69) is 10.6 Å². The van der Waals surface area contributed by atoms with Gasteiger partial charge in [0.2, 0.25) is 0 Å². The number of para-hydroxylation sites is 2. The number of ether oxygens (including phenoxy) is 2. The number of nitrogens with one attached hydrogen (secondary N) is 2. The number of methoxy groups -OCH3 is 1. The summed E-state index contributed by atoms with van der Waals surface area (Å²) in [6.45, 7) is 3.33. The fourth-order valence-electron chi connectivity index (χ4n) is 3.01. The maximum absolute atomic E-state index is 14.0. The number of anilines is 2. The van der Waals surface area contributed by atoms with Gasteiger partial charge in [0.15, 0.2) is 0 Å². The van der Waals surface area contributed by atoms with Crippen LogP contribution in [-0.4, -0.2) is 31.5 Å². The van der Waals surface area contributed by atoms with Gasteiger partial charge < -0.3 is 20.1 Å². The second kappa shape index (κ2) is 10.1. The van der Waals surface area contributed by atoms with Gasteiger partial charge in [-0.1, -0.05) is 24.3 Å². The van der Waals surface area contributed by atoms with E-state index >= 15 is 0 Å². The first-order valence-electron chi connectivity index (χ1n) is 9.68. The number of carbonyl (C=O) groups excluding carboxylic acids is 3. The molecule has 3 rings (SSSR count). The fourth-order valence-corrected chi connectivity index (χ4v) is 4.10. The summed E-state index contributed by atoms with van der Waals surface area (Å²) in [6.07, 6.45) is 0. The zero-order valence-electron chi connectivity index (χ0n) is 17.7. The van der Waals surface area contributed by atoms with Crippen LogP contribution >= 0.6 is 11.3 Å². The number of rotatable bonds is 7. The van der Waals surface area contributed by atoms with Crippen LogP contribution in [0.1, 0.15) is 42.9 Å². The minimum Gasteiger partial charge on any atom is -0.496 e. The van der Waals surface area contributed by atoms with Crippen molar-refractivity contribution in [3.63, 3.8) is 0 Å². The van der Waals surface area contributed by atoms with Crippen molar-refractivity contribution in [1.29, 1.82) is 0 Å². The van der Waals surface area contributed by atoms with Crippen LogP contribution < -0.4 is 15.4 Å². The number of esters is 1. The average molecular weight is 456 g/mol. The number of hydrogen-bond donors (Lipinski definition) is 2.